The molecule has 0 bridgehead atoms. The Kier molecular flexibility index (Phi) is 3.18. The number of carbonyl (C=O) groups excluding carboxylic acids is 1. The average Bonchev–Trinajstić information content (AvgIpc) is 2.45. The van der Waals surface area contributed by atoms with Gasteiger partial charge in [0.05, 0.1) is 0 Å². The van der Waals surface area contributed by atoms with E-state index in [0.717, 1.165) is 3.84 Å². The van der Waals surface area contributed by atoms with Crippen LogP contribution in [0.5, 0.6) is 0 Å². The number of carbonyl (C=O) groups is 1. The standard InChI is InChI=1S/C5H6N3O2.3CH3.Sn/c1-8-4(5(9)10-2)6-3-7-8;;;;/h1-2H3;3*1H3;. The number of rotatable bonds is 2. The zero-order valence-corrected chi connectivity index (χ0v) is 12.0. The van der Waals surface area contributed by atoms with Gasteiger partial charge in [0, 0.05) is 0 Å². The molecule has 1 rings (SSSR count). The molecule has 6 heteroatoms. The molecule has 0 aromatic carbocycles. The first-order valence-electron chi connectivity index (χ1n) is 4.36. The van der Waals surface area contributed by atoms with Crippen molar-refractivity contribution in [1.29, 1.82) is 0 Å². The van der Waals surface area contributed by atoms with E-state index in [9.17, 15) is 4.79 Å². The molecule has 0 spiro atoms. The van der Waals surface area contributed by atoms with Crippen LogP contribution in [0.3, 0.4) is 0 Å². The van der Waals surface area contributed by atoms with Gasteiger partial charge in [0.15, 0.2) is 0 Å². The molecule has 0 saturated carbocycles. The fraction of sp³-hybridized carbons (Fsp3) is 0.625. The van der Waals surface area contributed by atoms with Crippen molar-refractivity contribution in [1.82, 2.24) is 14.8 Å². The van der Waals surface area contributed by atoms with Crippen LogP contribution >= 0.6 is 0 Å². The van der Waals surface area contributed by atoms with Crippen LogP contribution in [0.2, 0.25) is 14.8 Å². The van der Waals surface area contributed by atoms with Crippen LogP contribution in [0, 0.1) is 0 Å². The van der Waals surface area contributed by atoms with Gasteiger partial charge in [-0.1, -0.05) is 0 Å². The van der Waals surface area contributed by atoms with Crippen molar-refractivity contribution in [2.75, 3.05) is 7.11 Å². The van der Waals surface area contributed by atoms with Gasteiger partial charge in [-0.05, 0) is 0 Å². The van der Waals surface area contributed by atoms with Crippen LogP contribution in [0.1, 0.15) is 10.6 Å². The number of esters is 1. The van der Waals surface area contributed by atoms with Gasteiger partial charge in [-0.3, -0.25) is 0 Å². The SMILES string of the molecule is COC(=O)c1n[c]([Sn]([CH3])([CH3])[CH3])nn1C. The van der Waals surface area contributed by atoms with E-state index in [4.69, 9.17) is 0 Å². The number of nitrogens with zero attached hydrogens (tertiary/aromatic N) is 3. The number of methoxy groups -OCH3 is 1. The van der Waals surface area contributed by atoms with Gasteiger partial charge in [0.1, 0.15) is 0 Å². The molecule has 0 amide bonds. The number of hydrogen-bond donors (Lipinski definition) is 0. The van der Waals surface area contributed by atoms with E-state index in [2.05, 4.69) is 29.6 Å². The van der Waals surface area contributed by atoms with Gasteiger partial charge in [0.2, 0.25) is 0 Å². The summed E-state index contributed by atoms with van der Waals surface area (Å²) in [6.07, 6.45) is 0. The summed E-state index contributed by atoms with van der Waals surface area (Å²) in [6, 6.07) is 0. The monoisotopic (exact) mass is 305 g/mol. The van der Waals surface area contributed by atoms with Gasteiger partial charge in [-0.15, -0.1) is 0 Å². The predicted molar refractivity (Wildman–Crippen MR) is 55.3 cm³/mol. The topological polar surface area (TPSA) is 57.0 Å². The number of aryl methyl sites for hydroxylation is 1. The van der Waals surface area contributed by atoms with Crippen molar-refractivity contribution in [3.63, 3.8) is 0 Å². The number of ether oxygens (including phenoxy) is 1. The van der Waals surface area contributed by atoms with Gasteiger partial charge in [0.25, 0.3) is 0 Å². The third-order valence-electron chi connectivity index (χ3n) is 1.80. The Morgan fingerprint density at radius 2 is 2.00 bits per heavy atom. The van der Waals surface area contributed by atoms with E-state index in [-0.39, 0.29) is 5.82 Å². The molecule has 5 nitrogen and oxygen atoms in total. The molecule has 0 radical (unpaired) electrons. The quantitative estimate of drug-likeness (QED) is 0.576. The van der Waals surface area contributed by atoms with E-state index >= 15 is 0 Å². The molecular formula is C8H15N3O2Sn. The second kappa shape index (κ2) is 3.88. The second-order valence-electron chi connectivity index (χ2n) is 4.12. The number of hydrogen-bond acceptors (Lipinski definition) is 4. The average molecular weight is 304 g/mol. The third kappa shape index (κ3) is 2.26. The van der Waals surface area contributed by atoms with Crippen molar-refractivity contribution in [3.05, 3.63) is 5.82 Å². The Morgan fingerprint density at radius 1 is 1.43 bits per heavy atom. The van der Waals surface area contributed by atoms with E-state index < -0.39 is 24.3 Å². The second-order valence-corrected chi connectivity index (χ2v) is 18.2. The van der Waals surface area contributed by atoms with Crippen LogP contribution in [0.25, 0.3) is 0 Å². The van der Waals surface area contributed by atoms with Gasteiger partial charge < -0.3 is 0 Å². The molecule has 78 valence electrons. The first-order chi connectivity index (χ1) is 6.36. The molecule has 0 aliphatic heterocycles. The molecule has 1 aromatic heterocycles. The summed E-state index contributed by atoms with van der Waals surface area (Å²) in [5.74, 6) is -0.143. The van der Waals surface area contributed by atoms with Crippen molar-refractivity contribution < 1.29 is 9.53 Å². The minimum atomic E-state index is -2.27. The molecule has 0 aliphatic rings. The Hall–Kier alpha value is -0.591. The summed E-state index contributed by atoms with van der Waals surface area (Å²) in [5.41, 5.74) is 0. The van der Waals surface area contributed by atoms with Crippen LogP contribution < -0.4 is 3.84 Å². The first-order valence-corrected chi connectivity index (χ1v) is 14.3. The summed E-state index contributed by atoms with van der Waals surface area (Å²) >= 11 is -2.27. The minimum absolute atomic E-state index is 0.286. The summed E-state index contributed by atoms with van der Waals surface area (Å²) in [7, 11) is 3.05. The molecular weight excluding hydrogens is 289 g/mol. The summed E-state index contributed by atoms with van der Waals surface area (Å²) in [5, 5.41) is 4.25. The van der Waals surface area contributed by atoms with Crippen molar-refractivity contribution in [3.8, 4) is 0 Å². The van der Waals surface area contributed by atoms with E-state index in [0.29, 0.717) is 0 Å². The van der Waals surface area contributed by atoms with E-state index in [1.54, 1.807) is 7.05 Å². The molecule has 0 N–H and O–H groups in total. The Morgan fingerprint density at radius 3 is 2.36 bits per heavy atom. The predicted octanol–water partition coefficient (Wildman–Crippen LogP) is 0.147. The zero-order valence-electron chi connectivity index (χ0n) is 9.16. The van der Waals surface area contributed by atoms with Crippen LogP contribution in [0.4, 0.5) is 0 Å². The number of aromatic nitrogens is 3. The van der Waals surface area contributed by atoms with Crippen molar-refractivity contribution in [2.24, 2.45) is 7.05 Å². The van der Waals surface area contributed by atoms with Crippen molar-refractivity contribution >= 4 is 28.2 Å². The molecule has 0 saturated heterocycles. The molecule has 0 aliphatic carbocycles. The Bertz CT molecular complexity index is 354. The van der Waals surface area contributed by atoms with Gasteiger partial charge >= 0.3 is 87.3 Å². The fourth-order valence-corrected chi connectivity index (χ4v) is 3.52. The Labute approximate surface area is 87.3 Å². The maximum absolute atomic E-state index is 11.3. The molecule has 1 heterocycles. The van der Waals surface area contributed by atoms with E-state index in [1.807, 2.05) is 0 Å². The van der Waals surface area contributed by atoms with Crippen LogP contribution in [-0.4, -0.2) is 46.2 Å². The molecule has 1 aromatic rings. The van der Waals surface area contributed by atoms with Gasteiger partial charge in [-0.25, -0.2) is 0 Å². The maximum atomic E-state index is 11.3. The molecule has 14 heavy (non-hydrogen) atoms. The normalized spacial score (nSPS) is 11.5. The fourth-order valence-electron chi connectivity index (χ4n) is 0.971. The Balaban J connectivity index is 3.12. The first kappa shape index (κ1) is 11.5. The summed E-state index contributed by atoms with van der Waals surface area (Å²) in [6.45, 7) is 0. The van der Waals surface area contributed by atoms with Crippen LogP contribution in [0.15, 0.2) is 0 Å². The van der Waals surface area contributed by atoms with Crippen molar-refractivity contribution in [2.45, 2.75) is 14.8 Å². The van der Waals surface area contributed by atoms with E-state index in [1.165, 1.54) is 11.8 Å². The summed E-state index contributed by atoms with van der Waals surface area (Å²) < 4.78 is 6.94. The van der Waals surface area contributed by atoms with Crippen LogP contribution in [-0.2, 0) is 11.8 Å². The molecule has 0 fully saturated rings. The molecule has 0 unspecified atom stereocenters. The summed E-state index contributed by atoms with van der Waals surface area (Å²) in [4.78, 5) is 22.1. The molecule has 0 atom stereocenters. The van der Waals surface area contributed by atoms with Gasteiger partial charge in [-0.2, -0.15) is 0 Å². The third-order valence-corrected chi connectivity index (χ3v) is 6.24. The zero-order chi connectivity index (χ0) is 10.9.